The quantitative estimate of drug-likeness (QED) is 0.849. The van der Waals surface area contributed by atoms with Gasteiger partial charge in [0.1, 0.15) is 5.52 Å². The fraction of sp³-hybridized carbons (Fsp3) is 0.222. The molecular formula is C9H7F2NO3. The van der Waals surface area contributed by atoms with Gasteiger partial charge in [0.05, 0.1) is 6.61 Å². The molecule has 0 saturated carbocycles. The first kappa shape index (κ1) is 9.85. The Morgan fingerprint density at radius 3 is 2.93 bits per heavy atom. The van der Waals surface area contributed by atoms with E-state index in [0.717, 1.165) is 0 Å². The van der Waals surface area contributed by atoms with Crippen LogP contribution in [0.15, 0.2) is 22.6 Å². The largest absolute Gasteiger partial charge is 0.409 e. The fourth-order valence-electron chi connectivity index (χ4n) is 1.18. The van der Waals surface area contributed by atoms with E-state index in [1.165, 1.54) is 12.1 Å². The minimum Gasteiger partial charge on any atom is -0.409 e. The summed E-state index contributed by atoms with van der Waals surface area (Å²) in [4.78, 5) is 3.68. The monoisotopic (exact) mass is 215 g/mol. The van der Waals surface area contributed by atoms with Crippen molar-refractivity contribution < 1.29 is 23.0 Å². The number of ether oxygens (including phenoxy) is 1. The van der Waals surface area contributed by atoms with Gasteiger partial charge < -0.3 is 14.3 Å². The molecule has 1 aromatic heterocycles. The molecule has 0 spiro atoms. The van der Waals surface area contributed by atoms with E-state index in [9.17, 15) is 8.78 Å². The van der Waals surface area contributed by atoms with Gasteiger partial charge in [-0.1, -0.05) is 6.07 Å². The van der Waals surface area contributed by atoms with Crippen molar-refractivity contribution in [2.45, 2.75) is 13.2 Å². The molecule has 0 amide bonds. The Balaban J connectivity index is 2.37. The highest BCUT2D eigenvalue weighted by Gasteiger charge is 2.11. The van der Waals surface area contributed by atoms with Crippen molar-refractivity contribution in [3.05, 3.63) is 23.8 Å². The minimum absolute atomic E-state index is 0.145. The van der Waals surface area contributed by atoms with Gasteiger partial charge in [-0.05, 0) is 17.7 Å². The van der Waals surface area contributed by atoms with E-state index >= 15 is 0 Å². The molecule has 4 nitrogen and oxygen atoms in total. The van der Waals surface area contributed by atoms with Gasteiger partial charge in [-0.3, -0.25) is 0 Å². The summed E-state index contributed by atoms with van der Waals surface area (Å²) in [5, 5.41) is 8.84. The SMILES string of the molecule is OCc1ccc2oc(OC(F)F)nc2c1. The van der Waals surface area contributed by atoms with Gasteiger partial charge in [-0.25, -0.2) is 0 Å². The third-order valence-electron chi connectivity index (χ3n) is 1.80. The second kappa shape index (κ2) is 3.82. The van der Waals surface area contributed by atoms with E-state index < -0.39 is 12.7 Å². The predicted octanol–water partition coefficient (Wildman–Crippen LogP) is 1.92. The Bertz CT molecular complexity index is 469. The molecule has 6 heteroatoms. The zero-order chi connectivity index (χ0) is 10.8. The molecule has 0 saturated heterocycles. The summed E-state index contributed by atoms with van der Waals surface area (Å²) in [6.45, 7) is -3.11. The molecule has 0 aliphatic heterocycles. The summed E-state index contributed by atoms with van der Waals surface area (Å²) in [7, 11) is 0. The van der Waals surface area contributed by atoms with Crippen LogP contribution < -0.4 is 4.74 Å². The molecular weight excluding hydrogens is 208 g/mol. The van der Waals surface area contributed by atoms with Crippen molar-refractivity contribution in [2.24, 2.45) is 0 Å². The number of hydrogen-bond acceptors (Lipinski definition) is 4. The molecule has 0 unspecified atom stereocenters. The number of nitrogens with zero attached hydrogens (tertiary/aromatic N) is 1. The Morgan fingerprint density at radius 1 is 1.47 bits per heavy atom. The molecule has 80 valence electrons. The third-order valence-corrected chi connectivity index (χ3v) is 1.80. The van der Waals surface area contributed by atoms with Crippen molar-refractivity contribution in [3.8, 4) is 6.08 Å². The Labute approximate surface area is 83.1 Å². The summed E-state index contributed by atoms with van der Waals surface area (Å²) in [6, 6.07) is 4.68. The van der Waals surface area contributed by atoms with Crippen LogP contribution in [0.3, 0.4) is 0 Å². The number of aliphatic hydroxyl groups excluding tert-OH is 1. The van der Waals surface area contributed by atoms with Gasteiger partial charge in [0.2, 0.25) is 0 Å². The Kier molecular flexibility index (Phi) is 2.51. The summed E-state index contributed by atoms with van der Waals surface area (Å²) in [6.07, 6.45) is -0.477. The zero-order valence-corrected chi connectivity index (χ0v) is 7.48. The summed E-state index contributed by atoms with van der Waals surface area (Å²) in [5.41, 5.74) is 1.33. The molecule has 0 fully saturated rings. The van der Waals surface area contributed by atoms with Crippen LogP contribution in [-0.4, -0.2) is 16.7 Å². The van der Waals surface area contributed by atoms with Crippen molar-refractivity contribution in [3.63, 3.8) is 0 Å². The lowest BCUT2D eigenvalue weighted by molar-refractivity contribution is -0.0664. The van der Waals surface area contributed by atoms with Crippen LogP contribution >= 0.6 is 0 Å². The molecule has 1 aromatic carbocycles. The van der Waals surface area contributed by atoms with Crippen LogP contribution in [0.25, 0.3) is 11.1 Å². The maximum absolute atomic E-state index is 11.8. The molecule has 0 radical (unpaired) electrons. The normalized spacial score (nSPS) is 11.2. The van der Waals surface area contributed by atoms with E-state index in [2.05, 4.69) is 9.72 Å². The predicted molar refractivity (Wildman–Crippen MR) is 46.6 cm³/mol. The maximum atomic E-state index is 11.8. The van der Waals surface area contributed by atoms with Crippen molar-refractivity contribution >= 4 is 11.1 Å². The topological polar surface area (TPSA) is 55.5 Å². The zero-order valence-electron chi connectivity index (χ0n) is 7.48. The van der Waals surface area contributed by atoms with Crippen LogP contribution in [0.5, 0.6) is 6.08 Å². The Hall–Kier alpha value is -1.69. The number of hydrogen-bond donors (Lipinski definition) is 1. The van der Waals surface area contributed by atoms with Gasteiger partial charge in [0, 0.05) is 0 Å². The highest BCUT2D eigenvalue weighted by Crippen LogP contribution is 2.22. The van der Waals surface area contributed by atoms with Crippen LogP contribution in [-0.2, 0) is 6.61 Å². The average molecular weight is 215 g/mol. The Morgan fingerprint density at radius 2 is 2.27 bits per heavy atom. The van der Waals surface area contributed by atoms with E-state index in [-0.39, 0.29) is 6.61 Å². The first-order chi connectivity index (χ1) is 7.19. The fourth-order valence-corrected chi connectivity index (χ4v) is 1.18. The van der Waals surface area contributed by atoms with E-state index in [1.54, 1.807) is 6.07 Å². The molecule has 1 N–H and O–H groups in total. The molecule has 0 bridgehead atoms. The van der Waals surface area contributed by atoms with Crippen LogP contribution in [0.1, 0.15) is 5.56 Å². The van der Waals surface area contributed by atoms with Crippen LogP contribution in [0.4, 0.5) is 8.78 Å². The lowest BCUT2D eigenvalue weighted by Crippen LogP contribution is -2.01. The van der Waals surface area contributed by atoms with E-state index in [4.69, 9.17) is 9.52 Å². The second-order valence-electron chi connectivity index (χ2n) is 2.82. The summed E-state index contributed by atoms with van der Waals surface area (Å²) < 4.78 is 32.5. The lowest BCUT2D eigenvalue weighted by atomic mass is 10.2. The highest BCUT2D eigenvalue weighted by atomic mass is 19.3. The number of oxazole rings is 1. The summed E-state index contributed by atoms with van der Waals surface area (Å²) in [5.74, 6) is 0. The highest BCUT2D eigenvalue weighted by molar-refractivity contribution is 5.73. The maximum Gasteiger partial charge on any atom is 0.399 e. The molecule has 0 aliphatic rings. The molecule has 2 aromatic rings. The number of halogens is 2. The molecule has 1 heterocycles. The van der Waals surface area contributed by atoms with Crippen molar-refractivity contribution in [2.75, 3.05) is 0 Å². The molecule has 15 heavy (non-hydrogen) atoms. The van der Waals surface area contributed by atoms with Gasteiger partial charge in [-0.2, -0.15) is 13.8 Å². The number of aliphatic hydroxyl groups is 1. The van der Waals surface area contributed by atoms with Gasteiger partial charge in [0.25, 0.3) is 0 Å². The van der Waals surface area contributed by atoms with Gasteiger partial charge in [0.15, 0.2) is 5.58 Å². The second-order valence-corrected chi connectivity index (χ2v) is 2.82. The van der Waals surface area contributed by atoms with Crippen LogP contribution in [0, 0.1) is 0 Å². The lowest BCUT2D eigenvalue weighted by Gasteiger charge is -1.94. The first-order valence-electron chi connectivity index (χ1n) is 4.14. The van der Waals surface area contributed by atoms with Gasteiger partial charge >= 0.3 is 12.7 Å². The van der Waals surface area contributed by atoms with Crippen LogP contribution in [0.2, 0.25) is 0 Å². The molecule has 0 aliphatic carbocycles. The minimum atomic E-state index is -2.96. The number of rotatable bonds is 3. The number of benzene rings is 1. The van der Waals surface area contributed by atoms with E-state index in [1.807, 2.05) is 0 Å². The smallest absolute Gasteiger partial charge is 0.399 e. The number of aromatic nitrogens is 1. The number of fused-ring (bicyclic) bond motifs is 1. The summed E-state index contributed by atoms with van der Waals surface area (Å²) >= 11 is 0. The molecule has 0 atom stereocenters. The molecule has 2 rings (SSSR count). The first-order valence-corrected chi connectivity index (χ1v) is 4.14. The average Bonchev–Trinajstić information content (AvgIpc) is 2.57. The van der Waals surface area contributed by atoms with Gasteiger partial charge in [-0.15, -0.1) is 0 Å². The third kappa shape index (κ3) is 2.04. The standard InChI is InChI=1S/C9H7F2NO3/c10-8(11)15-9-12-6-3-5(4-13)1-2-7(6)14-9/h1-3,8,13H,4H2. The number of alkyl halides is 2. The van der Waals surface area contributed by atoms with Crippen molar-refractivity contribution in [1.82, 2.24) is 4.98 Å². The van der Waals surface area contributed by atoms with E-state index in [0.29, 0.717) is 16.7 Å². The van der Waals surface area contributed by atoms with Crippen molar-refractivity contribution in [1.29, 1.82) is 0 Å².